The van der Waals surface area contributed by atoms with E-state index < -0.39 is 0 Å². The fraction of sp³-hybridized carbons (Fsp3) is 0.588. The van der Waals surface area contributed by atoms with Gasteiger partial charge in [-0.1, -0.05) is 6.92 Å². The maximum atomic E-state index is 11.9. The Bertz CT molecular complexity index is 425. The lowest BCUT2D eigenvalue weighted by molar-refractivity contribution is -0.116. The molecule has 0 spiro atoms. The van der Waals surface area contributed by atoms with E-state index in [2.05, 4.69) is 17.6 Å². The zero-order chi connectivity index (χ0) is 14.9. The average Bonchev–Trinajstić information content (AvgIpc) is 2.53. The Morgan fingerprint density at radius 3 is 2.86 bits per heavy atom. The number of nitrogens with one attached hydrogen (secondary N) is 2. The fourth-order valence-electron chi connectivity index (χ4n) is 2.58. The highest BCUT2D eigenvalue weighted by atomic mass is 16.5. The lowest BCUT2D eigenvalue weighted by atomic mass is 9.94. The number of carbonyl (C=O) groups excluding carboxylic acids is 1. The quantitative estimate of drug-likeness (QED) is 0.811. The van der Waals surface area contributed by atoms with Crippen molar-refractivity contribution in [3.8, 4) is 5.75 Å². The van der Waals surface area contributed by atoms with Crippen LogP contribution in [0.25, 0.3) is 0 Å². The molecule has 2 rings (SSSR count). The minimum absolute atomic E-state index is 0.0998. The van der Waals surface area contributed by atoms with Crippen LogP contribution in [0.3, 0.4) is 0 Å². The van der Waals surface area contributed by atoms with Gasteiger partial charge in [-0.25, -0.2) is 0 Å². The Hall–Kier alpha value is -1.55. The van der Waals surface area contributed by atoms with Crippen LogP contribution in [0, 0.1) is 5.92 Å². The molecule has 21 heavy (non-hydrogen) atoms. The van der Waals surface area contributed by atoms with E-state index in [1.165, 1.54) is 12.8 Å². The van der Waals surface area contributed by atoms with Gasteiger partial charge in [-0.15, -0.1) is 0 Å². The summed E-state index contributed by atoms with van der Waals surface area (Å²) in [7, 11) is 0. The third-order valence-corrected chi connectivity index (χ3v) is 3.79. The fourth-order valence-corrected chi connectivity index (χ4v) is 2.58. The van der Waals surface area contributed by atoms with Gasteiger partial charge in [0.1, 0.15) is 5.75 Å². The predicted octanol–water partition coefficient (Wildman–Crippen LogP) is 3.19. The highest BCUT2D eigenvalue weighted by Crippen LogP contribution is 2.18. The Labute approximate surface area is 127 Å². The van der Waals surface area contributed by atoms with Crippen LogP contribution >= 0.6 is 0 Å². The smallest absolute Gasteiger partial charge is 0.224 e. The number of anilines is 1. The number of ether oxygens (including phenoxy) is 1. The molecule has 0 aromatic heterocycles. The number of hydrogen-bond acceptors (Lipinski definition) is 3. The topological polar surface area (TPSA) is 50.4 Å². The standard InChI is InChI=1S/C17H26N2O2/c1-2-12-21-16-8-6-15(7-9-16)19-17(20)10-5-14-4-3-11-18-13-14/h6-9,14,18H,2-5,10-13H2,1H3,(H,19,20). The van der Waals surface area contributed by atoms with Crippen LogP contribution in [0.5, 0.6) is 5.75 Å². The molecule has 1 aromatic carbocycles. The summed E-state index contributed by atoms with van der Waals surface area (Å²) in [6.45, 7) is 4.98. The molecule has 0 aliphatic carbocycles. The molecule has 1 unspecified atom stereocenters. The van der Waals surface area contributed by atoms with Gasteiger partial charge in [0.25, 0.3) is 0 Å². The third-order valence-electron chi connectivity index (χ3n) is 3.79. The molecule has 0 bridgehead atoms. The predicted molar refractivity (Wildman–Crippen MR) is 85.7 cm³/mol. The van der Waals surface area contributed by atoms with E-state index in [9.17, 15) is 4.79 Å². The Morgan fingerprint density at radius 2 is 2.19 bits per heavy atom. The van der Waals surface area contributed by atoms with Crippen molar-refractivity contribution in [1.29, 1.82) is 0 Å². The number of hydrogen-bond donors (Lipinski definition) is 2. The monoisotopic (exact) mass is 290 g/mol. The summed E-state index contributed by atoms with van der Waals surface area (Å²) in [5.41, 5.74) is 0.839. The second kappa shape index (κ2) is 8.67. The molecule has 1 atom stereocenters. The average molecular weight is 290 g/mol. The highest BCUT2D eigenvalue weighted by Gasteiger charge is 2.14. The molecule has 4 heteroatoms. The highest BCUT2D eigenvalue weighted by molar-refractivity contribution is 5.90. The van der Waals surface area contributed by atoms with Gasteiger partial charge >= 0.3 is 0 Å². The van der Waals surface area contributed by atoms with Crippen molar-refractivity contribution in [2.45, 2.75) is 39.0 Å². The molecule has 4 nitrogen and oxygen atoms in total. The molecule has 116 valence electrons. The first kappa shape index (κ1) is 15.8. The van der Waals surface area contributed by atoms with Crippen molar-refractivity contribution in [1.82, 2.24) is 5.32 Å². The van der Waals surface area contributed by atoms with Gasteiger partial charge in [-0.05, 0) is 69.0 Å². The van der Waals surface area contributed by atoms with E-state index in [4.69, 9.17) is 4.74 Å². The van der Waals surface area contributed by atoms with Crippen LogP contribution in [0.1, 0.15) is 39.0 Å². The molecule has 2 N–H and O–H groups in total. The van der Waals surface area contributed by atoms with Crippen LogP contribution in [-0.4, -0.2) is 25.6 Å². The van der Waals surface area contributed by atoms with Crippen molar-refractivity contribution in [3.05, 3.63) is 24.3 Å². The van der Waals surface area contributed by atoms with Crippen LogP contribution in [0.2, 0.25) is 0 Å². The van der Waals surface area contributed by atoms with Crippen LogP contribution in [0.4, 0.5) is 5.69 Å². The van der Waals surface area contributed by atoms with Gasteiger partial charge in [0.05, 0.1) is 6.61 Å². The summed E-state index contributed by atoms with van der Waals surface area (Å²) in [5.74, 6) is 1.60. The first-order valence-electron chi connectivity index (χ1n) is 8.01. The zero-order valence-corrected chi connectivity index (χ0v) is 12.9. The minimum atomic E-state index is 0.0998. The molecule has 0 radical (unpaired) electrons. The van der Waals surface area contributed by atoms with Crippen molar-refractivity contribution in [2.75, 3.05) is 25.0 Å². The van der Waals surface area contributed by atoms with E-state index in [1.807, 2.05) is 24.3 Å². The molecular weight excluding hydrogens is 264 g/mol. The van der Waals surface area contributed by atoms with E-state index in [-0.39, 0.29) is 5.91 Å². The number of benzene rings is 1. The van der Waals surface area contributed by atoms with Gasteiger partial charge in [0.15, 0.2) is 0 Å². The van der Waals surface area contributed by atoms with Crippen molar-refractivity contribution in [3.63, 3.8) is 0 Å². The number of carbonyl (C=O) groups is 1. The lowest BCUT2D eigenvalue weighted by Gasteiger charge is -2.22. The molecule has 1 aliphatic heterocycles. The Kier molecular flexibility index (Phi) is 6.54. The van der Waals surface area contributed by atoms with Gasteiger partial charge in [-0.2, -0.15) is 0 Å². The van der Waals surface area contributed by atoms with E-state index in [1.54, 1.807) is 0 Å². The van der Waals surface area contributed by atoms with E-state index in [0.717, 1.165) is 44.0 Å². The summed E-state index contributed by atoms with van der Waals surface area (Å²) in [6.07, 6.45) is 5.03. The number of piperidine rings is 1. The molecule has 1 aliphatic rings. The van der Waals surface area contributed by atoms with Gasteiger partial charge < -0.3 is 15.4 Å². The SMILES string of the molecule is CCCOc1ccc(NC(=O)CCC2CCCNC2)cc1. The number of amides is 1. The first-order chi connectivity index (χ1) is 10.3. The van der Waals surface area contributed by atoms with E-state index in [0.29, 0.717) is 12.3 Å². The van der Waals surface area contributed by atoms with Gasteiger partial charge in [0.2, 0.25) is 5.91 Å². The molecule has 1 aromatic rings. The summed E-state index contributed by atoms with van der Waals surface area (Å²) in [5, 5.41) is 6.34. The van der Waals surface area contributed by atoms with Crippen LogP contribution in [0.15, 0.2) is 24.3 Å². The summed E-state index contributed by atoms with van der Waals surface area (Å²) in [6, 6.07) is 7.59. The molecule has 1 fully saturated rings. The Balaban J connectivity index is 1.71. The molecule has 1 saturated heterocycles. The molecule has 0 saturated carbocycles. The van der Waals surface area contributed by atoms with Crippen molar-refractivity contribution in [2.24, 2.45) is 5.92 Å². The normalized spacial score (nSPS) is 18.2. The van der Waals surface area contributed by atoms with Crippen LogP contribution in [-0.2, 0) is 4.79 Å². The summed E-state index contributed by atoms with van der Waals surface area (Å²) < 4.78 is 5.52. The zero-order valence-electron chi connectivity index (χ0n) is 12.9. The first-order valence-corrected chi connectivity index (χ1v) is 8.01. The molecule has 1 heterocycles. The van der Waals surface area contributed by atoms with Crippen LogP contribution < -0.4 is 15.4 Å². The Morgan fingerprint density at radius 1 is 1.38 bits per heavy atom. The largest absolute Gasteiger partial charge is 0.494 e. The van der Waals surface area contributed by atoms with Gasteiger partial charge in [0, 0.05) is 12.1 Å². The third kappa shape index (κ3) is 5.76. The maximum absolute atomic E-state index is 11.9. The molecular formula is C17H26N2O2. The maximum Gasteiger partial charge on any atom is 0.224 e. The summed E-state index contributed by atoms with van der Waals surface area (Å²) in [4.78, 5) is 11.9. The number of rotatable bonds is 7. The molecule has 1 amide bonds. The van der Waals surface area contributed by atoms with Crippen molar-refractivity contribution >= 4 is 11.6 Å². The van der Waals surface area contributed by atoms with Gasteiger partial charge in [-0.3, -0.25) is 4.79 Å². The summed E-state index contributed by atoms with van der Waals surface area (Å²) >= 11 is 0. The second-order valence-electron chi connectivity index (χ2n) is 5.67. The van der Waals surface area contributed by atoms with E-state index >= 15 is 0 Å². The van der Waals surface area contributed by atoms with Crippen molar-refractivity contribution < 1.29 is 9.53 Å². The lowest BCUT2D eigenvalue weighted by Crippen LogP contribution is -2.30. The second-order valence-corrected chi connectivity index (χ2v) is 5.67. The minimum Gasteiger partial charge on any atom is -0.494 e.